The van der Waals surface area contributed by atoms with Crippen molar-refractivity contribution in [2.45, 2.75) is 19.6 Å². The van der Waals surface area contributed by atoms with Crippen LogP contribution in [0.2, 0.25) is 5.28 Å². The zero-order valence-corrected chi connectivity index (χ0v) is 13.3. The van der Waals surface area contributed by atoms with Gasteiger partial charge >= 0.3 is 6.11 Å². The van der Waals surface area contributed by atoms with E-state index in [2.05, 4.69) is 36.0 Å². The Kier molecular flexibility index (Phi) is 4.95. The molecule has 112 valence electrons. The second kappa shape index (κ2) is 6.53. The first-order valence-electron chi connectivity index (χ1n) is 5.91. The topological polar surface area (TPSA) is 47.0 Å². The molecule has 0 bridgehead atoms. The molecular weight excluding hydrogens is 368 g/mol. The van der Waals surface area contributed by atoms with Crippen molar-refractivity contribution in [2.24, 2.45) is 0 Å². The van der Waals surface area contributed by atoms with Gasteiger partial charge in [-0.05, 0) is 45.2 Å². The van der Waals surface area contributed by atoms with E-state index in [9.17, 15) is 8.78 Å². The molecule has 2 rings (SSSR count). The number of nitrogens with one attached hydrogen (secondary N) is 1. The van der Waals surface area contributed by atoms with Gasteiger partial charge in [0, 0.05) is 19.7 Å². The first kappa shape index (κ1) is 15.9. The monoisotopic (exact) mass is 377 g/mol. The van der Waals surface area contributed by atoms with Crippen molar-refractivity contribution in [2.75, 3.05) is 5.32 Å². The molecule has 0 aliphatic heterocycles. The Morgan fingerprint density at radius 1 is 1.33 bits per heavy atom. The number of rotatable bonds is 5. The largest absolute Gasteiger partial charge is 0.433 e. The van der Waals surface area contributed by atoms with Gasteiger partial charge in [0.05, 0.1) is 4.47 Å². The molecule has 21 heavy (non-hydrogen) atoms. The number of halogens is 4. The second-order valence-electron chi connectivity index (χ2n) is 4.24. The molecule has 1 aromatic heterocycles. The summed E-state index contributed by atoms with van der Waals surface area (Å²) in [6.07, 6.45) is -1.65. The van der Waals surface area contributed by atoms with E-state index in [1.54, 1.807) is 12.1 Å². The van der Waals surface area contributed by atoms with Crippen LogP contribution in [0.5, 0.6) is 5.75 Å². The van der Waals surface area contributed by atoms with Gasteiger partial charge in [-0.3, -0.25) is 0 Å². The van der Waals surface area contributed by atoms with Gasteiger partial charge in [-0.25, -0.2) is 4.98 Å². The van der Waals surface area contributed by atoms with Gasteiger partial charge in [0.2, 0.25) is 5.28 Å². The number of nitrogens with zero attached hydrogens (tertiary/aromatic N) is 2. The number of aromatic nitrogens is 2. The first-order chi connectivity index (χ1) is 9.83. The Balaban J connectivity index is 1.99. The SMILES string of the molecule is CC(F)(F)Oc1ccc(CNc2nc(Cl)ncc2Br)cc1. The summed E-state index contributed by atoms with van der Waals surface area (Å²) in [5, 5.41) is 3.20. The molecular formula is C13H11BrClF2N3O. The van der Waals surface area contributed by atoms with E-state index in [1.165, 1.54) is 18.3 Å². The minimum Gasteiger partial charge on any atom is -0.433 e. The van der Waals surface area contributed by atoms with E-state index in [0.29, 0.717) is 23.8 Å². The molecule has 0 fully saturated rings. The van der Waals surface area contributed by atoms with Crippen LogP contribution in [0.1, 0.15) is 12.5 Å². The summed E-state index contributed by atoms with van der Waals surface area (Å²) in [5.74, 6) is 0.660. The Morgan fingerprint density at radius 2 is 2.00 bits per heavy atom. The van der Waals surface area contributed by atoms with Crippen molar-refractivity contribution in [1.29, 1.82) is 0 Å². The lowest BCUT2D eigenvalue weighted by atomic mass is 10.2. The highest BCUT2D eigenvalue weighted by Crippen LogP contribution is 2.23. The first-order valence-corrected chi connectivity index (χ1v) is 7.08. The summed E-state index contributed by atoms with van der Waals surface area (Å²) in [6, 6.07) is 6.34. The Morgan fingerprint density at radius 3 is 2.62 bits per heavy atom. The average molecular weight is 379 g/mol. The zero-order chi connectivity index (χ0) is 15.5. The molecule has 0 saturated heterocycles. The molecule has 8 heteroatoms. The number of anilines is 1. The molecule has 0 spiro atoms. The predicted octanol–water partition coefficient (Wildman–Crippen LogP) is 4.50. The molecule has 0 unspecified atom stereocenters. The van der Waals surface area contributed by atoms with Gasteiger partial charge in [-0.1, -0.05) is 12.1 Å². The van der Waals surface area contributed by atoms with Gasteiger partial charge in [-0.2, -0.15) is 13.8 Å². The van der Waals surface area contributed by atoms with Crippen molar-refractivity contribution in [1.82, 2.24) is 9.97 Å². The van der Waals surface area contributed by atoms with E-state index in [-0.39, 0.29) is 11.0 Å². The van der Waals surface area contributed by atoms with Gasteiger partial charge in [0.15, 0.2) is 0 Å². The van der Waals surface area contributed by atoms with E-state index >= 15 is 0 Å². The van der Waals surface area contributed by atoms with Crippen LogP contribution in [0.4, 0.5) is 14.6 Å². The van der Waals surface area contributed by atoms with Gasteiger partial charge in [0.1, 0.15) is 11.6 Å². The molecule has 1 heterocycles. The van der Waals surface area contributed by atoms with Crippen molar-refractivity contribution in [3.63, 3.8) is 0 Å². The highest BCUT2D eigenvalue weighted by atomic mass is 79.9. The fraction of sp³-hybridized carbons (Fsp3) is 0.231. The smallest absolute Gasteiger partial charge is 0.394 e. The standard InChI is InChI=1S/C13H11BrClF2N3O/c1-13(16,17)21-9-4-2-8(3-5-9)6-18-11-10(14)7-19-12(15)20-11/h2-5,7H,6H2,1H3,(H,18,19,20). The summed E-state index contributed by atoms with van der Waals surface area (Å²) in [6.45, 7) is 1.15. The predicted molar refractivity (Wildman–Crippen MR) is 79.8 cm³/mol. The van der Waals surface area contributed by atoms with Crippen LogP contribution in [-0.2, 0) is 6.54 Å². The summed E-state index contributed by atoms with van der Waals surface area (Å²) < 4.78 is 30.5. The lowest BCUT2D eigenvalue weighted by molar-refractivity contribution is -0.158. The minimum atomic E-state index is -3.19. The van der Waals surface area contributed by atoms with Crippen LogP contribution in [0.3, 0.4) is 0 Å². The van der Waals surface area contributed by atoms with Crippen LogP contribution in [0, 0.1) is 0 Å². The van der Waals surface area contributed by atoms with Crippen molar-refractivity contribution in [3.8, 4) is 5.75 Å². The van der Waals surface area contributed by atoms with Crippen molar-refractivity contribution in [3.05, 3.63) is 45.8 Å². The highest BCUT2D eigenvalue weighted by molar-refractivity contribution is 9.10. The molecule has 0 saturated carbocycles. The summed E-state index contributed by atoms with van der Waals surface area (Å²) in [7, 11) is 0. The third-order valence-electron chi connectivity index (χ3n) is 2.40. The van der Waals surface area contributed by atoms with Crippen LogP contribution in [0.15, 0.2) is 34.9 Å². The molecule has 1 N–H and O–H groups in total. The number of hydrogen-bond donors (Lipinski definition) is 1. The van der Waals surface area contributed by atoms with Crippen molar-refractivity contribution >= 4 is 33.3 Å². The molecule has 0 amide bonds. The van der Waals surface area contributed by atoms with Gasteiger partial charge < -0.3 is 10.1 Å². The van der Waals surface area contributed by atoms with Crippen LogP contribution < -0.4 is 10.1 Å². The molecule has 1 aromatic carbocycles. The molecule has 0 atom stereocenters. The van der Waals surface area contributed by atoms with Gasteiger partial charge in [0.25, 0.3) is 0 Å². The fourth-order valence-corrected chi connectivity index (χ4v) is 2.00. The minimum absolute atomic E-state index is 0.109. The second-order valence-corrected chi connectivity index (χ2v) is 5.44. The summed E-state index contributed by atoms with van der Waals surface area (Å²) in [5.41, 5.74) is 0.878. The van der Waals surface area contributed by atoms with E-state index in [4.69, 9.17) is 11.6 Å². The molecule has 0 aliphatic carbocycles. The van der Waals surface area contributed by atoms with Gasteiger partial charge in [-0.15, -0.1) is 0 Å². The summed E-state index contributed by atoms with van der Waals surface area (Å²) in [4.78, 5) is 7.85. The van der Waals surface area contributed by atoms with Crippen LogP contribution in [-0.4, -0.2) is 16.1 Å². The lowest BCUT2D eigenvalue weighted by Crippen LogP contribution is -2.19. The molecule has 4 nitrogen and oxygen atoms in total. The maximum atomic E-state index is 12.7. The quantitative estimate of drug-likeness (QED) is 0.779. The maximum absolute atomic E-state index is 12.7. The lowest BCUT2D eigenvalue weighted by Gasteiger charge is -2.13. The zero-order valence-electron chi connectivity index (χ0n) is 10.9. The van der Waals surface area contributed by atoms with E-state index in [1.807, 2.05) is 0 Å². The van der Waals surface area contributed by atoms with Crippen molar-refractivity contribution < 1.29 is 13.5 Å². The Labute approximate surface area is 133 Å². The van der Waals surface area contributed by atoms with Crippen LogP contribution in [0.25, 0.3) is 0 Å². The molecule has 0 radical (unpaired) electrons. The van der Waals surface area contributed by atoms with E-state index in [0.717, 1.165) is 5.56 Å². The maximum Gasteiger partial charge on any atom is 0.394 e. The van der Waals surface area contributed by atoms with Crippen LogP contribution >= 0.6 is 27.5 Å². The van der Waals surface area contributed by atoms with E-state index < -0.39 is 6.11 Å². The third kappa shape index (κ3) is 5.09. The Hall–Kier alpha value is -1.47. The average Bonchev–Trinajstić information content (AvgIpc) is 2.40. The molecule has 0 aliphatic rings. The number of hydrogen-bond acceptors (Lipinski definition) is 4. The fourth-order valence-electron chi connectivity index (χ4n) is 1.54. The molecule has 2 aromatic rings. The number of ether oxygens (including phenoxy) is 1. The Bertz CT molecular complexity index is 620. The highest BCUT2D eigenvalue weighted by Gasteiger charge is 2.22. The third-order valence-corrected chi connectivity index (χ3v) is 3.16. The number of alkyl halides is 2. The number of benzene rings is 1. The normalized spacial score (nSPS) is 11.3. The summed E-state index contributed by atoms with van der Waals surface area (Å²) >= 11 is 9.01.